The maximum absolute atomic E-state index is 11.9. The second kappa shape index (κ2) is 9.61. The summed E-state index contributed by atoms with van der Waals surface area (Å²) in [5.74, 6) is -3.66. The third kappa shape index (κ3) is 7.39. The van der Waals surface area contributed by atoms with Gasteiger partial charge in [0, 0.05) is 5.56 Å². The van der Waals surface area contributed by atoms with E-state index in [0.717, 1.165) is 12.1 Å². The monoisotopic (exact) mass is 402 g/mol. The van der Waals surface area contributed by atoms with Crippen LogP contribution < -0.4 is 21.1 Å². The molecule has 0 fully saturated rings. The lowest BCUT2D eigenvalue weighted by atomic mass is 10.2. The standard InChI is InChI=1S/C14H18N4O8S/c15-27(25,26)9-3-1-8(2-4-9)13(22)17-5-11(20)16-6-12(21)18-10(7-19)14(23)24/h1-4,10,19H,5-7H2,(H,16,20)(H,17,22)(H,18,21)(H,23,24)(H2,15,25,26). The van der Waals surface area contributed by atoms with E-state index in [4.69, 9.17) is 15.4 Å². The first-order chi connectivity index (χ1) is 12.5. The van der Waals surface area contributed by atoms with E-state index in [2.05, 4.69) is 10.6 Å². The summed E-state index contributed by atoms with van der Waals surface area (Å²) in [7, 11) is -3.89. The number of nitrogens with two attached hydrogens (primary N) is 1. The zero-order chi connectivity index (χ0) is 20.6. The third-order valence-corrected chi connectivity index (χ3v) is 4.05. The molecule has 1 aromatic carbocycles. The van der Waals surface area contributed by atoms with Crippen LogP contribution in [0.25, 0.3) is 0 Å². The number of primary sulfonamides is 1. The average molecular weight is 402 g/mol. The lowest BCUT2D eigenvalue weighted by Crippen LogP contribution is -2.48. The smallest absolute Gasteiger partial charge is 0.328 e. The molecule has 0 saturated carbocycles. The predicted octanol–water partition coefficient (Wildman–Crippen LogP) is -3.26. The fraction of sp³-hybridized carbons (Fsp3) is 0.286. The molecule has 1 aromatic rings. The second-order valence-corrected chi connectivity index (χ2v) is 6.73. The Morgan fingerprint density at radius 2 is 1.56 bits per heavy atom. The highest BCUT2D eigenvalue weighted by Gasteiger charge is 2.19. The number of carbonyl (C=O) groups is 4. The maximum Gasteiger partial charge on any atom is 0.328 e. The van der Waals surface area contributed by atoms with Gasteiger partial charge in [0.25, 0.3) is 5.91 Å². The Bertz CT molecular complexity index is 822. The van der Waals surface area contributed by atoms with Crippen LogP contribution in [0.3, 0.4) is 0 Å². The largest absolute Gasteiger partial charge is 0.480 e. The summed E-state index contributed by atoms with van der Waals surface area (Å²) in [5, 5.41) is 28.8. The molecule has 0 aromatic heterocycles. The number of hydrogen-bond acceptors (Lipinski definition) is 7. The minimum absolute atomic E-state index is 0.0835. The minimum atomic E-state index is -3.89. The number of aliphatic carboxylic acids is 1. The number of amides is 3. The van der Waals surface area contributed by atoms with Crippen molar-refractivity contribution in [2.24, 2.45) is 5.14 Å². The molecule has 27 heavy (non-hydrogen) atoms. The van der Waals surface area contributed by atoms with Crippen molar-refractivity contribution in [3.05, 3.63) is 29.8 Å². The van der Waals surface area contributed by atoms with E-state index in [9.17, 15) is 27.6 Å². The number of hydrogen-bond donors (Lipinski definition) is 6. The van der Waals surface area contributed by atoms with Crippen molar-refractivity contribution in [2.45, 2.75) is 10.9 Å². The van der Waals surface area contributed by atoms with Gasteiger partial charge < -0.3 is 26.2 Å². The van der Waals surface area contributed by atoms with Crippen LogP contribution in [0, 0.1) is 0 Å². The fourth-order valence-corrected chi connectivity index (χ4v) is 2.25. The minimum Gasteiger partial charge on any atom is -0.480 e. The first-order valence-corrected chi connectivity index (χ1v) is 8.90. The van der Waals surface area contributed by atoms with Crippen LogP contribution >= 0.6 is 0 Å². The van der Waals surface area contributed by atoms with Crippen LogP contribution in [0.15, 0.2) is 29.2 Å². The van der Waals surface area contributed by atoms with Crippen LogP contribution in [0.4, 0.5) is 0 Å². The van der Waals surface area contributed by atoms with E-state index in [1.807, 2.05) is 5.32 Å². The summed E-state index contributed by atoms with van der Waals surface area (Å²) >= 11 is 0. The quantitative estimate of drug-likeness (QED) is 0.247. The number of nitrogens with one attached hydrogen (secondary N) is 3. The van der Waals surface area contributed by atoms with Gasteiger partial charge in [0.15, 0.2) is 0 Å². The predicted molar refractivity (Wildman–Crippen MR) is 89.8 cm³/mol. The van der Waals surface area contributed by atoms with Gasteiger partial charge in [0.05, 0.1) is 24.6 Å². The van der Waals surface area contributed by atoms with Gasteiger partial charge in [0.2, 0.25) is 21.8 Å². The molecule has 12 nitrogen and oxygen atoms in total. The summed E-state index contributed by atoms with van der Waals surface area (Å²) in [6.45, 7) is -1.84. The van der Waals surface area contributed by atoms with Gasteiger partial charge in [-0.2, -0.15) is 0 Å². The van der Waals surface area contributed by atoms with E-state index in [-0.39, 0.29) is 10.5 Å². The Balaban J connectivity index is 2.44. The van der Waals surface area contributed by atoms with Crippen molar-refractivity contribution in [2.75, 3.05) is 19.7 Å². The molecule has 0 aliphatic heterocycles. The first-order valence-electron chi connectivity index (χ1n) is 7.35. The SMILES string of the molecule is NS(=O)(=O)c1ccc(C(=O)NCC(=O)NCC(=O)NC(CO)C(=O)O)cc1. The topological polar surface area (TPSA) is 205 Å². The molecule has 0 bridgehead atoms. The second-order valence-electron chi connectivity index (χ2n) is 5.17. The molecule has 1 atom stereocenters. The van der Waals surface area contributed by atoms with Crippen molar-refractivity contribution in [3.8, 4) is 0 Å². The zero-order valence-electron chi connectivity index (χ0n) is 13.8. The molecule has 148 valence electrons. The molecule has 3 amide bonds. The fourth-order valence-electron chi connectivity index (χ4n) is 1.73. The van der Waals surface area contributed by atoms with E-state index < -0.39 is 59.5 Å². The van der Waals surface area contributed by atoms with Crippen LogP contribution in [0.1, 0.15) is 10.4 Å². The number of benzene rings is 1. The van der Waals surface area contributed by atoms with Crippen LogP contribution in [-0.4, -0.2) is 68.1 Å². The molecule has 0 aliphatic rings. The van der Waals surface area contributed by atoms with Gasteiger partial charge in [-0.3, -0.25) is 14.4 Å². The Morgan fingerprint density at radius 3 is 2.04 bits per heavy atom. The van der Waals surface area contributed by atoms with E-state index in [0.29, 0.717) is 0 Å². The highest BCUT2D eigenvalue weighted by Crippen LogP contribution is 2.08. The van der Waals surface area contributed by atoms with E-state index >= 15 is 0 Å². The van der Waals surface area contributed by atoms with E-state index in [1.54, 1.807) is 0 Å². The number of carbonyl (C=O) groups excluding carboxylic acids is 3. The van der Waals surface area contributed by atoms with Crippen molar-refractivity contribution < 1.29 is 37.8 Å². The lowest BCUT2D eigenvalue weighted by molar-refractivity contribution is -0.142. The van der Waals surface area contributed by atoms with Crippen molar-refractivity contribution >= 4 is 33.7 Å². The van der Waals surface area contributed by atoms with Crippen LogP contribution in [0.2, 0.25) is 0 Å². The highest BCUT2D eigenvalue weighted by atomic mass is 32.2. The lowest BCUT2D eigenvalue weighted by Gasteiger charge is -2.12. The number of aliphatic hydroxyl groups excluding tert-OH is 1. The molecule has 0 heterocycles. The number of carboxylic acid groups (broad SMARTS) is 1. The Kier molecular flexibility index (Phi) is 7.83. The Hall–Kier alpha value is -3.03. The summed E-state index contributed by atoms with van der Waals surface area (Å²) in [6, 6.07) is 3.20. The number of carboxylic acids is 1. The van der Waals surface area contributed by atoms with Crippen LogP contribution in [-0.2, 0) is 24.4 Å². The van der Waals surface area contributed by atoms with Crippen molar-refractivity contribution in [1.29, 1.82) is 0 Å². The summed E-state index contributed by atoms with van der Waals surface area (Å²) < 4.78 is 22.2. The van der Waals surface area contributed by atoms with E-state index in [1.165, 1.54) is 12.1 Å². The molecular formula is C14H18N4O8S. The zero-order valence-corrected chi connectivity index (χ0v) is 14.7. The van der Waals surface area contributed by atoms with Gasteiger partial charge in [-0.1, -0.05) is 0 Å². The first kappa shape index (κ1) is 22.0. The molecule has 0 spiro atoms. The summed E-state index contributed by atoms with van der Waals surface area (Å²) in [4.78, 5) is 45.4. The Labute approximate surface area is 153 Å². The summed E-state index contributed by atoms with van der Waals surface area (Å²) in [5.41, 5.74) is 0.0835. The molecule has 7 N–H and O–H groups in total. The molecule has 13 heteroatoms. The molecule has 0 radical (unpaired) electrons. The molecule has 1 rings (SSSR count). The van der Waals surface area contributed by atoms with Gasteiger partial charge in [-0.15, -0.1) is 0 Å². The molecule has 1 unspecified atom stereocenters. The van der Waals surface area contributed by atoms with Crippen molar-refractivity contribution in [1.82, 2.24) is 16.0 Å². The van der Waals surface area contributed by atoms with Gasteiger partial charge in [-0.25, -0.2) is 18.4 Å². The van der Waals surface area contributed by atoms with Gasteiger partial charge in [-0.05, 0) is 24.3 Å². The number of aliphatic hydroxyl groups is 1. The van der Waals surface area contributed by atoms with Crippen LogP contribution in [0.5, 0.6) is 0 Å². The number of rotatable bonds is 9. The Morgan fingerprint density at radius 1 is 1.00 bits per heavy atom. The van der Waals surface area contributed by atoms with Crippen molar-refractivity contribution in [3.63, 3.8) is 0 Å². The molecule has 0 saturated heterocycles. The van der Waals surface area contributed by atoms with Gasteiger partial charge in [0.1, 0.15) is 6.04 Å². The third-order valence-electron chi connectivity index (χ3n) is 3.12. The highest BCUT2D eigenvalue weighted by molar-refractivity contribution is 7.89. The summed E-state index contributed by atoms with van der Waals surface area (Å²) in [6.07, 6.45) is 0. The number of sulfonamides is 1. The maximum atomic E-state index is 11.9. The normalized spacial score (nSPS) is 11.9. The van der Waals surface area contributed by atoms with Gasteiger partial charge >= 0.3 is 5.97 Å². The molecule has 0 aliphatic carbocycles. The average Bonchev–Trinajstić information content (AvgIpc) is 2.61. The molecular weight excluding hydrogens is 384 g/mol.